The van der Waals surface area contributed by atoms with Gasteiger partial charge >= 0.3 is 35.2 Å². The minimum absolute atomic E-state index is 0. The molecule has 28 nitrogen and oxygen atoms in total. The molecule has 4 fully saturated rings. The van der Waals surface area contributed by atoms with E-state index < -0.39 is 31.8 Å². The zero-order valence-electron chi connectivity index (χ0n) is 53.0. The largest absolute Gasteiger partial charge is 2.00 e. The number of nitrogens with zero attached hydrogens (tertiary/aromatic N) is 17. The summed E-state index contributed by atoms with van der Waals surface area (Å²) in [5, 5.41) is 50.0. The molecule has 0 bridgehead atoms. The van der Waals surface area contributed by atoms with Crippen LogP contribution >= 0.6 is 35.1 Å². The molecule has 0 unspecified atom stereocenters. The van der Waals surface area contributed by atoms with Gasteiger partial charge in [-0.3, -0.25) is 9.59 Å². The van der Waals surface area contributed by atoms with Crippen molar-refractivity contribution < 1.29 is 44.5 Å². The van der Waals surface area contributed by atoms with Crippen LogP contribution in [-0.4, -0.2) is 180 Å². The van der Waals surface area contributed by atoms with Crippen molar-refractivity contribution in [1.82, 2.24) is 35.1 Å². The van der Waals surface area contributed by atoms with Crippen LogP contribution in [-0.2, 0) is 19.3 Å². The summed E-state index contributed by atoms with van der Waals surface area (Å²) in [4.78, 5) is 74.2. The van der Waals surface area contributed by atoms with E-state index in [9.17, 15) is 27.6 Å². The maximum atomic E-state index is 12.3. The van der Waals surface area contributed by atoms with Crippen molar-refractivity contribution in [2.24, 2.45) is 70.0 Å². The van der Waals surface area contributed by atoms with Gasteiger partial charge in [0.05, 0.1) is 47.7 Å². The Hall–Kier alpha value is -6.77. The van der Waals surface area contributed by atoms with Crippen LogP contribution in [0.15, 0.2) is 96.1 Å². The number of likely N-dealkylation sites (tertiary alicyclic amines) is 2. The smallest absolute Gasteiger partial charge is 1.00 e. The summed E-state index contributed by atoms with van der Waals surface area (Å²) in [7, 11) is -3.63. The Morgan fingerprint density at radius 2 is 1.04 bits per heavy atom. The number of amides is 2. The van der Waals surface area contributed by atoms with E-state index in [-0.39, 0.29) is 108 Å². The van der Waals surface area contributed by atoms with E-state index in [4.69, 9.17) is 27.9 Å². The van der Waals surface area contributed by atoms with Crippen LogP contribution in [0.1, 0.15) is 115 Å². The number of ether oxygens (including phenoxy) is 2. The van der Waals surface area contributed by atoms with Crippen LogP contribution in [0, 0.1) is 55.1 Å². The average molecular weight is 1450 g/mol. The van der Waals surface area contributed by atoms with E-state index in [1.165, 1.54) is 41.2 Å². The number of thiophene rings is 2. The number of aromatic nitrogens is 4. The van der Waals surface area contributed by atoms with Gasteiger partial charge in [-0.25, -0.2) is 37.7 Å². The summed E-state index contributed by atoms with van der Waals surface area (Å²) in [5.74, 6) is 2.08. The Balaban J connectivity index is 0.000000588. The summed E-state index contributed by atoms with van der Waals surface area (Å²) in [6, 6.07) is 9.41. The molecule has 4 saturated heterocycles. The van der Waals surface area contributed by atoms with Gasteiger partial charge in [0.15, 0.2) is 0 Å². The minimum atomic E-state index is -3.63. The molecule has 0 spiro atoms. The first kappa shape index (κ1) is 85.2. The van der Waals surface area contributed by atoms with Crippen LogP contribution < -0.4 is 38.3 Å². The molecule has 0 aliphatic carbocycles. The summed E-state index contributed by atoms with van der Waals surface area (Å²) in [6.07, 6.45) is 8.06. The van der Waals surface area contributed by atoms with E-state index in [0.29, 0.717) is 60.5 Å². The number of carbonyl (C=O) groups is 2. The average Bonchev–Trinajstić information content (AvgIpc) is 1.02. The van der Waals surface area contributed by atoms with Crippen molar-refractivity contribution in [3.05, 3.63) is 85.5 Å². The molecule has 4 aromatic heterocycles. The van der Waals surface area contributed by atoms with Gasteiger partial charge in [-0.2, -0.15) is 27.5 Å². The zero-order valence-corrected chi connectivity index (χ0v) is 59.3. The molecule has 3 N–H and O–H groups in total. The van der Waals surface area contributed by atoms with Gasteiger partial charge in [0.2, 0.25) is 20.9 Å². The standard InChI is InChI=1S/C16H15N7OS.C12H20N4O2.C11H18N2O2.C10H7N3O3S2.C7H12N4.C2H5.2CH4.BrH.ClH.Mg/c1-17-14-13(12-3-2-8-25-12)19-16(20-15(14)24)23-6-4-10(5-7-23)11-9-18-22-21-11;1-12(2,3)18-11(17)16-6-4-9(5-7-16)10-8-13-15-14-10;1-11(2,3)15-10(14)13-6-4-9(8-12)5-7-13;1-11-8-7(6-4-3-5-17-6)12-10(13-9(8)14)18(2,15)16;1-3-8-4-2-6(1)7-5-9-11-10-7;1-2;;;;;/h2-3,8,10H,4-7,9H2,(H,19,20,24);9H,4-8H2,1-3H3;9H,4-7H2,1-3H3;3-5H,2H3,(H,12,13,14);6,8H,1-5H2;1H2,2H3;2*1H4;2*1H;/q;;;;;-1;;;;;+2/p-1. The van der Waals surface area contributed by atoms with Crippen LogP contribution in [0.2, 0.25) is 0 Å². The Labute approximate surface area is 592 Å². The second kappa shape index (κ2) is 41.2. The number of piperidine rings is 4. The third-order valence-electron chi connectivity index (χ3n) is 14.3. The Morgan fingerprint density at radius 3 is 1.39 bits per heavy atom. The molecule has 34 heteroatoms. The Bertz CT molecular complexity index is 3600. The van der Waals surface area contributed by atoms with E-state index in [1.54, 1.807) is 34.2 Å². The number of aromatic amines is 2. The molecule has 0 atom stereocenters. The van der Waals surface area contributed by atoms with Crippen molar-refractivity contribution in [2.45, 2.75) is 131 Å². The molecule has 2 amide bonds. The first-order chi connectivity index (χ1) is 42.5. The summed E-state index contributed by atoms with van der Waals surface area (Å²) < 4.78 is 33.4. The number of halogens is 2. The van der Waals surface area contributed by atoms with Gasteiger partial charge in [-0.1, -0.05) is 27.0 Å². The van der Waals surface area contributed by atoms with Crippen LogP contribution in [0.3, 0.4) is 0 Å². The number of nitriles is 1. The number of sulfone groups is 1. The summed E-state index contributed by atoms with van der Waals surface area (Å²) >= 11 is 2.75. The molecular formula is C60H86BrClMgN20O8S3. The quantitative estimate of drug-likeness (QED) is 0.0883. The fourth-order valence-corrected chi connectivity index (χ4v) is 11.7. The van der Waals surface area contributed by atoms with Crippen molar-refractivity contribution >= 4 is 115 Å². The van der Waals surface area contributed by atoms with E-state index in [0.717, 1.165) is 107 Å². The Kier molecular flexibility index (Phi) is 37.4. The molecule has 7 aliphatic rings. The number of anilines is 1. The predicted octanol–water partition coefficient (Wildman–Crippen LogP) is 9.12. The van der Waals surface area contributed by atoms with Gasteiger partial charge in [0, 0.05) is 79.0 Å². The first-order valence-electron chi connectivity index (χ1n) is 29.2. The predicted molar refractivity (Wildman–Crippen MR) is 368 cm³/mol. The van der Waals surface area contributed by atoms with Gasteiger partial charge < -0.3 is 63.4 Å². The molecule has 11 heterocycles. The molecular weight excluding hydrogens is 1360 g/mol. The van der Waals surface area contributed by atoms with Crippen LogP contribution in [0.25, 0.3) is 30.8 Å². The fourth-order valence-electron chi connectivity index (χ4n) is 9.73. The second-order valence-electron chi connectivity index (χ2n) is 22.9. The van der Waals surface area contributed by atoms with Gasteiger partial charge in [-0.05, 0) is 145 Å². The van der Waals surface area contributed by atoms with E-state index in [2.05, 4.69) is 99.2 Å². The molecule has 0 radical (unpaired) electrons. The first-order valence-corrected chi connectivity index (χ1v) is 32.8. The molecule has 0 saturated carbocycles. The minimum Gasteiger partial charge on any atom is -1.00 e. The summed E-state index contributed by atoms with van der Waals surface area (Å²) in [5.41, 5.74) is 1.69. The maximum Gasteiger partial charge on any atom is 2.00 e. The molecule has 94 heavy (non-hydrogen) atoms. The van der Waals surface area contributed by atoms with Gasteiger partial charge in [0.1, 0.15) is 30.8 Å². The van der Waals surface area contributed by atoms with Crippen LogP contribution in [0.4, 0.5) is 26.9 Å². The zero-order chi connectivity index (χ0) is 64.7. The molecule has 7 aliphatic heterocycles. The fraction of sp³-hybridized carbons (Fsp3) is 0.583. The number of nitrogens with one attached hydrogen (secondary N) is 3. The molecule has 4 aromatic rings. The van der Waals surface area contributed by atoms with Crippen molar-refractivity contribution in [2.75, 3.05) is 83.1 Å². The number of hydrogen-bond donors (Lipinski definition) is 3. The number of hydrogen-bond acceptors (Lipinski definition) is 24. The third-order valence-corrected chi connectivity index (χ3v) is 16.9. The van der Waals surface area contributed by atoms with Crippen molar-refractivity contribution in [3.63, 3.8) is 0 Å². The van der Waals surface area contributed by atoms with Gasteiger partial charge in [0.25, 0.3) is 22.5 Å². The second-order valence-corrected chi connectivity index (χ2v) is 26.8. The number of rotatable bonds is 7. The number of H-pyrrole nitrogens is 2. The normalized spacial score (nSPS) is 16.8. The topological polar surface area (TPSA) is 344 Å². The molecule has 0 aromatic carbocycles. The van der Waals surface area contributed by atoms with Gasteiger partial charge in [-0.15, -0.1) is 50.4 Å². The third kappa shape index (κ3) is 26.1. The van der Waals surface area contributed by atoms with E-state index >= 15 is 0 Å². The van der Waals surface area contributed by atoms with Crippen molar-refractivity contribution in [1.29, 1.82) is 5.26 Å². The van der Waals surface area contributed by atoms with Crippen molar-refractivity contribution in [3.8, 4) is 27.2 Å². The number of carbonyl (C=O) groups excluding carboxylic acids is 2. The molecule has 508 valence electrons. The van der Waals surface area contributed by atoms with E-state index in [1.807, 2.05) is 59.1 Å². The molecule has 11 rings (SSSR count). The van der Waals surface area contributed by atoms with Crippen LogP contribution in [0.5, 0.6) is 0 Å². The maximum absolute atomic E-state index is 12.3. The monoisotopic (exact) mass is 1450 g/mol. The SMILES string of the molecule is C.C.C1CC(C2=NN=NC2)CCN1.CC(C)(C)OC(=O)N1CCC(C#N)CC1.CC(C)(C)OC(=O)N1CCC(C2=NN=NC2)CC1.Cl.[Br-].[C-]#[N+]c1c(-c2cccs2)nc(N2CCC(C3=NN=NC3)CC2)[nH]c1=O.[C-]#[N+]c1c(-c2cccs2)nc(S(C)(=O)=O)[nH]c1=O.[CH2-]C.[Mg+2]. The summed E-state index contributed by atoms with van der Waals surface area (Å²) in [6.45, 7) is 38.9. The Morgan fingerprint density at radius 1 is 0.660 bits per heavy atom.